The number of hydrogen-bond acceptors (Lipinski definition) is 2. The molecular formula is C21H25N3OS. The molecule has 0 spiro atoms. The summed E-state index contributed by atoms with van der Waals surface area (Å²) in [6, 6.07) is 17.3. The fourth-order valence-corrected chi connectivity index (χ4v) is 4.64. The van der Waals surface area contributed by atoms with Crippen LogP contribution in [0.2, 0.25) is 0 Å². The van der Waals surface area contributed by atoms with Crippen molar-refractivity contribution in [2.75, 3.05) is 25.5 Å². The predicted octanol–water partition coefficient (Wildman–Crippen LogP) is 4.41. The number of anilines is 1. The Balaban J connectivity index is 1.87. The minimum absolute atomic E-state index is 0.531. The molecule has 1 fully saturated rings. The maximum Gasteiger partial charge on any atom is 0.127 e. The standard InChI is InChI=1S/C21H25N3OS/c1-15-7-6-12-24(15)21-11-10-17(26(25)23(2)3)14-18(21)20-13-16-8-4-5-9-19(16)22-20/h4-5,8-11,13-15,22H,6-7,12H2,1-3H3. The van der Waals surface area contributed by atoms with Crippen molar-refractivity contribution >= 4 is 27.6 Å². The van der Waals surface area contributed by atoms with E-state index in [0.717, 1.165) is 28.2 Å². The summed E-state index contributed by atoms with van der Waals surface area (Å²) in [5.74, 6) is 0. The molecule has 2 aromatic carbocycles. The number of rotatable bonds is 4. The van der Waals surface area contributed by atoms with E-state index in [2.05, 4.69) is 53.2 Å². The largest absolute Gasteiger partial charge is 0.368 e. The van der Waals surface area contributed by atoms with Crippen molar-refractivity contribution in [1.29, 1.82) is 0 Å². The molecule has 0 saturated carbocycles. The highest BCUT2D eigenvalue weighted by Crippen LogP contribution is 2.37. The fraction of sp³-hybridized carbons (Fsp3) is 0.333. The molecule has 2 heterocycles. The van der Waals surface area contributed by atoms with Crippen LogP contribution in [0, 0.1) is 0 Å². The Hall–Kier alpha value is -2.11. The molecule has 0 aliphatic carbocycles. The van der Waals surface area contributed by atoms with Gasteiger partial charge in [-0.05, 0) is 64.2 Å². The second-order valence-electron chi connectivity index (χ2n) is 7.20. The molecule has 1 aliphatic rings. The van der Waals surface area contributed by atoms with Gasteiger partial charge in [0.05, 0.1) is 4.90 Å². The molecule has 0 bridgehead atoms. The highest BCUT2D eigenvalue weighted by molar-refractivity contribution is 7.82. The van der Waals surface area contributed by atoms with E-state index in [4.69, 9.17) is 0 Å². The van der Waals surface area contributed by atoms with Crippen molar-refractivity contribution in [3.05, 3.63) is 48.5 Å². The van der Waals surface area contributed by atoms with Crippen LogP contribution in [0.1, 0.15) is 19.8 Å². The van der Waals surface area contributed by atoms with Gasteiger partial charge in [0.2, 0.25) is 0 Å². The number of aromatic amines is 1. The van der Waals surface area contributed by atoms with E-state index in [1.165, 1.54) is 23.9 Å². The fourth-order valence-electron chi connectivity index (χ4n) is 3.81. The molecule has 136 valence electrons. The van der Waals surface area contributed by atoms with Gasteiger partial charge >= 0.3 is 0 Å². The van der Waals surface area contributed by atoms with Crippen LogP contribution in [0.25, 0.3) is 22.2 Å². The van der Waals surface area contributed by atoms with Crippen LogP contribution in [0.3, 0.4) is 0 Å². The highest BCUT2D eigenvalue weighted by atomic mass is 32.2. The summed E-state index contributed by atoms with van der Waals surface area (Å²) in [5.41, 5.74) is 4.56. The van der Waals surface area contributed by atoms with E-state index in [1.807, 2.05) is 26.2 Å². The first-order valence-electron chi connectivity index (χ1n) is 9.12. The normalized spacial score (nSPS) is 18.8. The molecule has 4 rings (SSSR count). The molecule has 1 saturated heterocycles. The minimum Gasteiger partial charge on any atom is -0.368 e. The Morgan fingerprint density at radius 2 is 1.96 bits per heavy atom. The molecule has 2 unspecified atom stereocenters. The Labute approximate surface area is 157 Å². The quantitative estimate of drug-likeness (QED) is 0.742. The van der Waals surface area contributed by atoms with Gasteiger partial charge in [0.25, 0.3) is 0 Å². The second kappa shape index (κ2) is 6.89. The van der Waals surface area contributed by atoms with E-state index in [-0.39, 0.29) is 0 Å². The molecular weight excluding hydrogens is 342 g/mol. The van der Waals surface area contributed by atoms with Gasteiger partial charge in [-0.2, -0.15) is 0 Å². The summed E-state index contributed by atoms with van der Waals surface area (Å²) < 4.78 is 14.3. The van der Waals surface area contributed by atoms with E-state index >= 15 is 0 Å². The van der Waals surface area contributed by atoms with Crippen molar-refractivity contribution in [2.24, 2.45) is 0 Å². The zero-order valence-electron chi connectivity index (χ0n) is 15.5. The average Bonchev–Trinajstić information content (AvgIpc) is 3.26. The summed E-state index contributed by atoms with van der Waals surface area (Å²) in [7, 11) is 2.53. The third-order valence-electron chi connectivity index (χ3n) is 5.18. The van der Waals surface area contributed by atoms with Crippen LogP contribution in [0.5, 0.6) is 0 Å². The number of nitrogens with one attached hydrogen (secondary N) is 1. The maximum absolute atomic E-state index is 12.6. The van der Waals surface area contributed by atoms with Crippen molar-refractivity contribution < 1.29 is 4.21 Å². The lowest BCUT2D eigenvalue weighted by Gasteiger charge is -2.27. The number of fused-ring (bicyclic) bond motifs is 1. The number of hydrogen-bond donors (Lipinski definition) is 1. The average molecular weight is 368 g/mol. The number of nitrogens with zero attached hydrogens (tertiary/aromatic N) is 2. The molecule has 0 radical (unpaired) electrons. The number of H-pyrrole nitrogens is 1. The number of aromatic nitrogens is 1. The van der Waals surface area contributed by atoms with Crippen molar-refractivity contribution in [3.8, 4) is 11.3 Å². The van der Waals surface area contributed by atoms with Gasteiger partial charge in [0, 0.05) is 40.4 Å². The minimum atomic E-state index is -1.15. The Morgan fingerprint density at radius 1 is 1.15 bits per heavy atom. The van der Waals surface area contributed by atoms with Crippen LogP contribution < -0.4 is 4.90 Å². The summed E-state index contributed by atoms with van der Waals surface area (Å²) in [5, 5.41) is 1.20. The molecule has 26 heavy (non-hydrogen) atoms. The summed E-state index contributed by atoms with van der Waals surface area (Å²) in [6.45, 7) is 3.36. The van der Waals surface area contributed by atoms with Gasteiger partial charge in [0.1, 0.15) is 11.0 Å². The van der Waals surface area contributed by atoms with Crippen molar-refractivity contribution in [2.45, 2.75) is 30.7 Å². The van der Waals surface area contributed by atoms with E-state index in [1.54, 1.807) is 4.31 Å². The van der Waals surface area contributed by atoms with Crippen molar-refractivity contribution in [1.82, 2.24) is 9.29 Å². The van der Waals surface area contributed by atoms with Crippen molar-refractivity contribution in [3.63, 3.8) is 0 Å². The topological polar surface area (TPSA) is 39.3 Å². The highest BCUT2D eigenvalue weighted by Gasteiger charge is 2.24. The molecule has 3 aromatic rings. The lowest BCUT2D eigenvalue weighted by molar-refractivity contribution is 0.603. The monoisotopic (exact) mass is 367 g/mol. The lowest BCUT2D eigenvalue weighted by Crippen LogP contribution is -2.27. The number of benzene rings is 2. The van der Waals surface area contributed by atoms with E-state index < -0.39 is 11.0 Å². The van der Waals surface area contributed by atoms with E-state index in [9.17, 15) is 4.21 Å². The van der Waals surface area contributed by atoms with Crippen LogP contribution in [-0.4, -0.2) is 40.2 Å². The Morgan fingerprint density at radius 3 is 2.65 bits per heavy atom. The van der Waals surface area contributed by atoms with Crippen LogP contribution >= 0.6 is 0 Å². The predicted molar refractivity (Wildman–Crippen MR) is 110 cm³/mol. The van der Waals surface area contributed by atoms with Crippen LogP contribution in [-0.2, 0) is 11.0 Å². The van der Waals surface area contributed by atoms with Gasteiger partial charge in [0.15, 0.2) is 0 Å². The summed E-state index contributed by atoms with van der Waals surface area (Å²) in [4.78, 5) is 6.85. The third-order valence-corrected chi connectivity index (χ3v) is 6.50. The van der Waals surface area contributed by atoms with Crippen LogP contribution in [0.15, 0.2) is 53.4 Å². The molecule has 4 nitrogen and oxygen atoms in total. The molecule has 1 aliphatic heterocycles. The summed E-state index contributed by atoms with van der Waals surface area (Å²) >= 11 is 0. The first-order valence-corrected chi connectivity index (χ1v) is 10.2. The smallest absolute Gasteiger partial charge is 0.127 e. The lowest BCUT2D eigenvalue weighted by atomic mass is 10.1. The molecule has 0 amide bonds. The first kappa shape index (κ1) is 17.3. The maximum atomic E-state index is 12.6. The molecule has 2 atom stereocenters. The SMILES string of the molecule is CC1CCCN1c1ccc(S(=O)N(C)C)cc1-c1cc2ccccc2[nH]1. The Kier molecular flexibility index (Phi) is 4.59. The summed E-state index contributed by atoms with van der Waals surface area (Å²) in [6.07, 6.45) is 2.44. The third kappa shape index (κ3) is 3.06. The van der Waals surface area contributed by atoms with Gasteiger partial charge in [-0.25, -0.2) is 8.51 Å². The molecule has 1 aromatic heterocycles. The van der Waals surface area contributed by atoms with Gasteiger partial charge in [-0.1, -0.05) is 18.2 Å². The second-order valence-corrected chi connectivity index (χ2v) is 8.90. The van der Waals surface area contributed by atoms with E-state index in [0.29, 0.717) is 6.04 Å². The molecule has 1 N–H and O–H groups in total. The Bertz CT molecular complexity index is 930. The zero-order chi connectivity index (χ0) is 18.3. The number of para-hydroxylation sites is 1. The van der Waals surface area contributed by atoms with Gasteiger partial charge < -0.3 is 9.88 Å². The molecule has 5 heteroatoms. The van der Waals surface area contributed by atoms with Gasteiger partial charge in [-0.15, -0.1) is 0 Å². The van der Waals surface area contributed by atoms with Gasteiger partial charge in [-0.3, -0.25) is 0 Å². The first-order chi connectivity index (χ1) is 12.5. The zero-order valence-corrected chi connectivity index (χ0v) is 16.3. The van der Waals surface area contributed by atoms with Crippen LogP contribution in [0.4, 0.5) is 5.69 Å².